The van der Waals surface area contributed by atoms with Crippen molar-refractivity contribution >= 4 is 11.9 Å². The molecule has 0 saturated heterocycles. The number of carboxylic acids is 1. The molecule has 0 bridgehead atoms. The van der Waals surface area contributed by atoms with E-state index < -0.39 is 52.7 Å². The molecule has 2 N–H and O–H groups in total. The van der Waals surface area contributed by atoms with Gasteiger partial charge in [0, 0.05) is 6.04 Å². The monoisotopic (exact) mass is 303 g/mol. The van der Waals surface area contributed by atoms with Gasteiger partial charge in [0.05, 0.1) is 5.56 Å². The Balaban J connectivity index is 2.45. The van der Waals surface area contributed by atoms with Crippen LogP contribution in [0.1, 0.15) is 30.1 Å². The zero-order chi connectivity index (χ0) is 15.9. The number of nitrogens with zero attached hydrogens (tertiary/aromatic N) is 1. The van der Waals surface area contributed by atoms with Crippen LogP contribution < -0.4 is 0 Å². The zero-order valence-electron chi connectivity index (χ0n) is 10.9. The van der Waals surface area contributed by atoms with Crippen LogP contribution in [-0.2, 0) is 4.79 Å². The number of hydrogen-bond acceptors (Lipinski definition) is 3. The molecule has 1 fully saturated rings. The Bertz CT molecular complexity index is 616. The maximum atomic E-state index is 13.7. The molecule has 5 nitrogen and oxygen atoms in total. The summed E-state index contributed by atoms with van der Waals surface area (Å²) in [6, 6.07) is -1.32. The van der Waals surface area contributed by atoms with Crippen molar-refractivity contribution in [3.05, 3.63) is 29.1 Å². The molecule has 1 amide bonds. The Morgan fingerprint density at radius 3 is 2.33 bits per heavy atom. The minimum atomic E-state index is -1.80. The first-order valence-corrected chi connectivity index (χ1v) is 6.17. The largest absolute Gasteiger partial charge is 0.503 e. The topological polar surface area (TPSA) is 77.8 Å². The van der Waals surface area contributed by atoms with Crippen LogP contribution in [0.5, 0.6) is 5.75 Å². The summed E-state index contributed by atoms with van der Waals surface area (Å²) in [7, 11) is 0. The molecule has 1 aliphatic rings. The van der Waals surface area contributed by atoms with Crippen LogP contribution in [0.4, 0.5) is 13.2 Å². The second-order valence-corrected chi connectivity index (χ2v) is 4.84. The molecule has 1 saturated carbocycles. The maximum Gasteiger partial charge on any atom is 0.326 e. The molecule has 21 heavy (non-hydrogen) atoms. The number of aromatic hydroxyl groups is 1. The second kappa shape index (κ2) is 5.27. The summed E-state index contributed by atoms with van der Waals surface area (Å²) in [6.45, 7) is 1.23. The lowest BCUT2D eigenvalue weighted by Gasteiger charge is -2.26. The Labute approximate surface area is 117 Å². The number of carbonyl (C=O) groups is 2. The van der Waals surface area contributed by atoms with Gasteiger partial charge in [-0.05, 0) is 25.8 Å². The standard InChI is InChI=1S/C13H12F3NO4/c1-5(13(20)21)17(6-2-3-6)12(19)7-4-8(14)10(16)11(18)9(7)15/h4-6,18H,2-3H2,1H3,(H,20,21). The fourth-order valence-corrected chi connectivity index (χ4v) is 2.01. The Kier molecular flexibility index (Phi) is 3.80. The molecule has 0 spiro atoms. The summed E-state index contributed by atoms with van der Waals surface area (Å²) in [5.41, 5.74) is -0.897. The second-order valence-electron chi connectivity index (χ2n) is 4.84. The molecular formula is C13H12F3NO4. The highest BCUT2D eigenvalue weighted by atomic mass is 19.2. The van der Waals surface area contributed by atoms with Crippen LogP contribution in [0.15, 0.2) is 6.07 Å². The summed E-state index contributed by atoms with van der Waals surface area (Å²) >= 11 is 0. The third kappa shape index (κ3) is 2.65. The smallest absolute Gasteiger partial charge is 0.326 e. The van der Waals surface area contributed by atoms with Gasteiger partial charge in [-0.2, -0.15) is 4.39 Å². The summed E-state index contributed by atoms with van der Waals surface area (Å²) in [4.78, 5) is 24.1. The molecule has 1 aromatic carbocycles. The van der Waals surface area contributed by atoms with Gasteiger partial charge in [-0.3, -0.25) is 4.79 Å². The first-order valence-electron chi connectivity index (χ1n) is 6.17. The summed E-state index contributed by atoms with van der Waals surface area (Å²) in [5.74, 6) is -9.00. The minimum Gasteiger partial charge on any atom is -0.503 e. The van der Waals surface area contributed by atoms with Crippen LogP contribution in [0, 0.1) is 17.5 Å². The molecule has 1 atom stereocenters. The van der Waals surface area contributed by atoms with Gasteiger partial charge in [0.2, 0.25) is 5.82 Å². The van der Waals surface area contributed by atoms with Gasteiger partial charge in [-0.25, -0.2) is 13.6 Å². The molecule has 1 aliphatic carbocycles. The van der Waals surface area contributed by atoms with E-state index in [1.54, 1.807) is 0 Å². The number of phenols is 1. The average molecular weight is 303 g/mol. The summed E-state index contributed by atoms with van der Waals surface area (Å²) in [5, 5.41) is 18.1. The number of phenolic OH excluding ortho intramolecular Hbond substituents is 1. The van der Waals surface area contributed by atoms with Crippen molar-refractivity contribution in [2.45, 2.75) is 31.8 Å². The molecule has 1 unspecified atom stereocenters. The maximum absolute atomic E-state index is 13.7. The SMILES string of the molecule is CC(C(=O)O)N(C(=O)c1cc(F)c(F)c(O)c1F)C1CC1. The van der Waals surface area contributed by atoms with Crippen LogP contribution in [0.25, 0.3) is 0 Å². The lowest BCUT2D eigenvalue weighted by Crippen LogP contribution is -2.45. The van der Waals surface area contributed by atoms with Crippen molar-refractivity contribution in [3.8, 4) is 5.75 Å². The van der Waals surface area contributed by atoms with Gasteiger partial charge in [-0.1, -0.05) is 0 Å². The van der Waals surface area contributed by atoms with Crippen molar-refractivity contribution in [2.75, 3.05) is 0 Å². The zero-order valence-corrected chi connectivity index (χ0v) is 10.9. The number of rotatable bonds is 4. The van der Waals surface area contributed by atoms with E-state index in [2.05, 4.69) is 0 Å². The summed E-state index contributed by atoms with van der Waals surface area (Å²) in [6.07, 6.45) is 1.08. The van der Waals surface area contributed by atoms with Gasteiger partial charge in [0.1, 0.15) is 6.04 Å². The number of aliphatic carboxylic acids is 1. The average Bonchev–Trinajstić information content (AvgIpc) is 3.24. The van der Waals surface area contributed by atoms with Gasteiger partial charge in [0.15, 0.2) is 17.4 Å². The van der Waals surface area contributed by atoms with Gasteiger partial charge in [-0.15, -0.1) is 0 Å². The first kappa shape index (κ1) is 15.1. The first-order chi connectivity index (χ1) is 9.75. The molecule has 0 aromatic heterocycles. The third-order valence-electron chi connectivity index (χ3n) is 3.31. The van der Waals surface area contributed by atoms with E-state index in [0.717, 1.165) is 4.90 Å². The van der Waals surface area contributed by atoms with Crippen LogP contribution in [0.3, 0.4) is 0 Å². The van der Waals surface area contributed by atoms with Gasteiger partial charge in [0.25, 0.3) is 5.91 Å². The Hall–Kier alpha value is -2.25. The van der Waals surface area contributed by atoms with E-state index >= 15 is 0 Å². The molecular weight excluding hydrogens is 291 g/mol. The lowest BCUT2D eigenvalue weighted by molar-refractivity contribution is -0.141. The number of carbonyl (C=O) groups excluding carboxylic acids is 1. The summed E-state index contributed by atoms with van der Waals surface area (Å²) < 4.78 is 40.0. The number of halogens is 3. The Morgan fingerprint density at radius 2 is 1.86 bits per heavy atom. The number of hydrogen-bond donors (Lipinski definition) is 2. The fourth-order valence-electron chi connectivity index (χ4n) is 2.01. The minimum absolute atomic E-state index is 0.316. The van der Waals surface area contributed by atoms with Crippen molar-refractivity contribution < 1.29 is 33.0 Å². The molecule has 1 aromatic rings. The van der Waals surface area contributed by atoms with E-state index in [0.29, 0.717) is 18.9 Å². The predicted molar refractivity (Wildman–Crippen MR) is 64.3 cm³/mol. The molecule has 8 heteroatoms. The van der Waals surface area contributed by atoms with Crippen LogP contribution in [-0.4, -0.2) is 39.1 Å². The van der Waals surface area contributed by atoms with Crippen LogP contribution in [0.2, 0.25) is 0 Å². The molecule has 114 valence electrons. The van der Waals surface area contributed by atoms with E-state index in [4.69, 9.17) is 10.2 Å². The van der Waals surface area contributed by atoms with Crippen molar-refractivity contribution in [1.82, 2.24) is 4.90 Å². The van der Waals surface area contributed by atoms with Crippen molar-refractivity contribution in [2.24, 2.45) is 0 Å². The molecule has 0 aliphatic heterocycles. The predicted octanol–water partition coefficient (Wildman–Crippen LogP) is 1.89. The van der Waals surface area contributed by atoms with E-state index in [1.165, 1.54) is 6.92 Å². The third-order valence-corrected chi connectivity index (χ3v) is 3.31. The Morgan fingerprint density at radius 1 is 1.29 bits per heavy atom. The van der Waals surface area contributed by atoms with Crippen molar-refractivity contribution in [1.29, 1.82) is 0 Å². The normalized spacial score (nSPS) is 15.6. The fraction of sp³-hybridized carbons (Fsp3) is 0.385. The van der Waals surface area contributed by atoms with E-state index in [1.807, 2.05) is 0 Å². The van der Waals surface area contributed by atoms with E-state index in [9.17, 15) is 22.8 Å². The number of carboxylic acid groups (broad SMARTS) is 1. The molecule has 0 heterocycles. The number of benzene rings is 1. The van der Waals surface area contributed by atoms with E-state index in [-0.39, 0.29) is 0 Å². The van der Waals surface area contributed by atoms with Gasteiger partial charge >= 0.3 is 5.97 Å². The van der Waals surface area contributed by atoms with Crippen molar-refractivity contribution in [3.63, 3.8) is 0 Å². The lowest BCUT2D eigenvalue weighted by atomic mass is 10.1. The molecule has 2 rings (SSSR count). The number of amides is 1. The quantitative estimate of drug-likeness (QED) is 0.833. The highest BCUT2D eigenvalue weighted by molar-refractivity contribution is 5.97. The van der Waals surface area contributed by atoms with Crippen LogP contribution >= 0.6 is 0 Å². The highest BCUT2D eigenvalue weighted by Crippen LogP contribution is 2.33. The molecule has 0 radical (unpaired) electrons. The highest BCUT2D eigenvalue weighted by Gasteiger charge is 2.40. The van der Waals surface area contributed by atoms with Gasteiger partial charge < -0.3 is 15.1 Å².